The molecule has 2 unspecified atom stereocenters. The first-order valence-electron chi connectivity index (χ1n) is 50.5. The molecule has 2 aromatic heterocycles. The van der Waals surface area contributed by atoms with Gasteiger partial charge in [-0.15, -0.1) is 0 Å². The Hall–Kier alpha value is -20.1. The van der Waals surface area contributed by atoms with E-state index in [-0.39, 0.29) is 0 Å². The van der Waals surface area contributed by atoms with E-state index >= 15 is 0 Å². The topological polar surface area (TPSA) is 151 Å². The van der Waals surface area contributed by atoms with Crippen molar-refractivity contribution in [2.45, 2.75) is 12.3 Å². The highest BCUT2D eigenvalue weighted by Crippen LogP contribution is 2.45. The van der Waals surface area contributed by atoms with E-state index in [0.29, 0.717) is 58.3 Å². The molecule has 0 saturated carbocycles. The monoisotopic (exact) mass is 1920 g/mol. The highest BCUT2D eigenvalue weighted by atomic mass is 15.2. The lowest BCUT2D eigenvalue weighted by molar-refractivity contribution is 0.674. The number of nitrogens with one attached hydrogen (secondary N) is 2. The summed E-state index contributed by atoms with van der Waals surface area (Å²) < 4.78 is 0. The van der Waals surface area contributed by atoms with Gasteiger partial charge in [0, 0.05) is 61.2 Å². The van der Waals surface area contributed by atoms with Gasteiger partial charge in [-0.05, 0) is 194 Å². The molecule has 0 bridgehead atoms. The lowest BCUT2D eigenvalue weighted by atomic mass is 9.88. The number of aromatic nitrogens is 6. The second kappa shape index (κ2) is 41.3. The van der Waals surface area contributed by atoms with Crippen LogP contribution in [0.3, 0.4) is 0 Å². The van der Waals surface area contributed by atoms with Gasteiger partial charge in [-0.25, -0.2) is 49.9 Å². The van der Waals surface area contributed by atoms with Crippen LogP contribution in [0.4, 0.5) is 0 Å². The van der Waals surface area contributed by atoms with Crippen LogP contribution in [0.5, 0.6) is 0 Å². The molecule has 0 radical (unpaired) electrons. The molecular weight excluding hydrogens is 1830 g/mol. The minimum atomic E-state index is -0.603. The maximum atomic E-state index is 5.70. The SMILES string of the molecule is c1ccc(-c2cccc(C3=NC(c4ccccc4-c4ccccc4-c4nc(-c5cccc(-c6ccccc6)c5)nc(-c5cccc(-c6ccc(-c7cccc(-c8cccc(C9=NC(c%10ccccc%10-c%10ccccc%10-c%10ccccc%10-c%10nc(-c%11cccc(-c%12ccccc%12)c%11)nc(-c%11cccc(-c%12ccccc%12)c%11)n%10)NC(c%10cccc(-c%11ccccc%11)c%10)=N9)c8)c7)cc6)c5)n4)=NC(c4cccc(-c5ccccc5)c4)N3)c2)cc1. The third-order valence-corrected chi connectivity index (χ3v) is 27.8. The summed E-state index contributed by atoms with van der Waals surface area (Å²) in [6.45, 7) is 0. The van der Waals surface area contributed by atoms with Gasteiger partial charge in [-0.3, -0.25) is 0 Å². The van der Waals surface area contributed by atoms with Crippen molar-refractivity contribution in [1.29, 1.82) is 0 Å². The van der Waals surface area contributed by atoms with Crippen molar-refractivity contribution < 1.29 is 0 Å². The maximum Gasteiger partial charge on any atom is 0.164 e. The van der Waals surface area contributed by atoms with Crippen LogP contribution in [0.25, 0.3) is 202 Å². The normalized spacial score (nSPS) is 13.2. The first-order valence-corrected chi connectivity index (χ1v) is 50.5. The molecule has 23 aromatic rings. The third kappa shape index (κ3) is 19.3. The molecule has 0 fully saturated rings. The zero-order chi connectivity index (χ0) is 99.8. The summed E-state index contributed by atoms with van der Waals surface area (Å²) in [5.74, 6) is 5.84. The molecule has 21 aromatic carbocycles. The highest BCUT2D eigenvalue weighted by Gasteiger charge is 2.30. The Morgan fingerprint density at radius 2 is 0.347 bits per heavy atom. The van der Waals surface area contributed by atoms with Crippen LogP contribution in [0.1, 0.15) is 45.7 Å². The second-order valence-electron chi connectivity index (χ2n) is 37.3. The fourth-order valence-electron chi connectivity index (χ4n) is 20.2. The summed E-state index contributed by atoms with van der Waals surface area (Å²) in [7, 11) is 0. The van der Waals surface area contributed by atoms with E-state index in [4.69, 9.17) is 49.9 Å². The lowest BCUT2D eigenvalue weighted by Crippen LogP contribution is -2.33. The highest BCUT2D eigenvalue weighted by molar-refractivity contribution is 6.17. The fraction of sp³-hybridized carbons (Fsp3) is 0.0145. The summed E-state index contributed by atoms with van der Waals surface area (Å²) in [5, 5.41) is 7.71. The molecule has 0 spiro atoms. The average Bonchev–Trinajstić information content (AvgIpc) is 0.763. The molecule has 150 heavy (non-hydrogen) atoms. The molecule has 706 valence electrons. The van der Waals surface area contributed by atoms with Crippen molar-refractivity contribution in [3.05, 3.63) is 579 Å². The van der Waals surface area contributed by atoms with Gasteiger partial charge in [-0.2, -0.15) is 0 Å². The second-order valence-corrected chi connectivity index (χ2v) is 37.3. The van der Waals surface area contributed by atoms with E-state index in [1.165, 1.54) is 0 Å². The Labute approximate surface area is 871 Å². The van der Waals surface area contributed by atoms with E-state index in [0.717, 1.165) is 200 Å². The molecule has 25 rings (SSSR count). The van der Waals surface area contributed by atoms with Crippen molar-refractivity contribution in [3.63, 3.8) is 0 Å². The van der Waals surface area contributed by atoms with Gasteiger partial charge in [0.05, 0.1) is 0 Å². The van der Waals surface area contributed by atoms with Crippen LogP contribution >= 0.6 is 0 Å². The van der Waals surface area contributed by atoms with Crippen molar-refractivity contribution >= 4 is 23.3 Å². The molecule has 0 amide bonds. The number of amidine groups is 4. The Bertz CT molecular complexity index is 9020. The standard InChI is InChI=1S/C138H94N12/c1-7-38-91(39-8-1)100-51-30-60-109(83-100)127-139-128(110-61-31-52-101(84-110)92-40-9-2-10-41-92)144-135(143-127)123-74-25-21-70-119(123)117-68-19-20-69-118(117)120-71-22-26-75-124(120)136-145-132(114-65-35-56-105(88-114)96-48-17-6-18-49-96)142-134(150-136)116-67-37-59-108(90-116)107-58-29-50-99(82-107)97-78-80-98(81-79-97)106-57-36-66-115(89-106)133-141-131(113-64-34-55-104(87-113)95-46-15-5-16-47-95)148-138(149-133)126-77-28-24-73-122(126)121-72-23-27-76-125(121)137-146-129(111-62-32-53-102(85-111)93-42-11-3-12-43-93)140-130(147-137)112-63-33-54-103(86-112)94-44-13-4-14-45-94/h1-90,129,136H,(H,140,146,147)(H,142,145,150). The third-order valence-electron chi connectivity index (χ3n) is 27.8. The van der Waals surface area contributed by atoms with Gasteiger partial charge < -0.3 is 10.6 Å². The van der Waals surface area contributed by atoms with Crippen LogP contribution in [0, 0.1) is 0 Å². The molecule has 2 N–H and O–H groups in total. The van der Waals surface area contributed by atoms with Crippen LogP contribution in [-0.4, -0.2) is 53.2 Å². The number of hydrogen-bond acceptors (Lipinski definition) is 12. The number of nitrogens with zero attached hydrogens (tertiary/aromatic N) is 10. The van der Waals surface area contributed by atoms with Gasteiger partial charge in [0.25, 0.3) is 0 Å². The lowest BCUT2D eigenvalue weighted by Gasteiger charge is -2.26. The summed E-state index contributed by atoms with van der Waals surface area (Å²) in [6, 6.07) is 191. The zero-order valence-corrected chi connectivity index (χ0v) is 81.6. The number of hydrogen-bond donors (Lipinski definition) is 2. The predicted molar refractivity (Wildman–Crippen MR) is 615 cm³/mol. The van der Waals surface area contributed by atoms with Crippen molar-refractivity contribution in [2.24, 2.45) is 20.0 Å². The predicted octanol–water partition coefficient (Wildman–Crippen LogP) is 33.1. The molecule has 0 saturated heterocycles. The molecular formula is C138H94N12. The van der Waals surface area contributed by atoms with E-state index < -0.39 is 12.3 Å². The van der Waals surface area contributed by atoms with Crippen LogP contribution in [0.15, 0.2) is 566 Å². The van der Waals surface area contributed by atoms with E-state index in [9.17, 15) is 0 Å². The molecule has 12 nitrogen and oxygen atoms in total. The van der Waals surface area contributed by atoms with Crippen LogP contribution in [-0.2, 0) is 0 Å². The van der Waals surface area contributed by atoms with Crippen LogP contribution < -0.4 is 10.6 Å². The summed E-state index contributed by atoms with van der Waals surface area (Å²) in [4.78, 5) is 54.9. The largest absolute Gasteiger partial charge is 0.344 e. The number of benzene rings is 21. The number of rotatable bonds is 24. The van der Waals surface area contributed by atoms with Gasteiger partial charge in [0.15, 0.2) is 46.6 Å². The van der Waals surface area contributed by atoms with Gasteiger partial charge in [0.2, 0.25) is 0 Å². The van der Waals surface area contributed by atoms with Gasteiger partial charge in [0.1, 0.15) is 24.0 Å². The first-order chi connectivity index (χ1) is 74.3. The molecule has 4 heterocycles. The van der Waals surface area contributed by atoms with Crippen LogP contribution in [0.2, 0.25) is 0 Å². The van der Waals surface area contributed by atoms with E-state index in [1.54, 1.807) is 0 Å². The van der Waals surface area contributed by atoms with E-state index in [1.807, 2.05) is 30.3 Å². The van der Waals surface area contributed by atoms with Crippen molar-refractivity contribution in [2.75, 3.05) is 0 Å². The minimum absolute atomic E-state index is 0.493. The minimum Gasteiger partial charge on any atom is -0.344 e. The Morgan fingerprint density at radius 3 is 0.713 bits per heavy atom. The maximum absolute atomic E-state index is 5.70. The summed E-state index contributed by atoms with van der Waals surface area (Å²) in [6.07, 6.45) is -1.10. The molecule has 2 aliphatic rings. The van der Waals surface area contributed by atoms with E-state index in [2.05, 4.69) is 526 Å². The molecule has 12 heteroatoms. The quantitative estimate of drug-likeness (QED) is 0.0607. The first kappa shape index (κ1) is 91.1. The van der Waals surface area contributed by atoms with Crippen molar-refractivity contribution in [3.8, 4) is 202 Å². The number of aliphatic imine (C=N–C) groups is 4. The van der Waals surface area contributed by atoms with Gasteiger partial charge >= 0.3 is 0 Å². The summed E-state index contributed by atoms with van der Waals surface area (Å²) in [5.41, 5.74) is 35.8. The van der Waals surface area contributed by atoms with Crippen molar-refractivity contribution in [1.82, 2.24) is 40.5 Å². The Balaban J connectivity index is 0.538. The Morgan fingerprint density at radius 1 is 0.133 bits per heavy atom. The fourth-order valence-corrected chi connectivity index (χ4v) is 20.2. The molecule has 2 aliphatic heterocycles. The average molecular weight is 1920 g/mol. The smallest absolute Gasteiger partial charge is 0.164 e. The molecule has 0 aliphatic carbocycles. The summed E-state index contributed by atoms with van der Waals surface area (Å²) >= 11 is 0. The zero-order valence-electron chi connectivity index (χ0n) is 81.6. The van der Waals surface area contributed by atoms with Gasteiger partial charge in [-0.1, -0.05) is 491 Å². The molecule has 2 atom stereocenters. The Kier molecular flexibility index (Phi) is 25.1.